The molecule has 0 aliphatic heterocycles. The third kappa shape index (κ3) is 4.89. The van der Waals surface area contributed by atoms with Gasteiger partial charge in [0.05, 0.1) is 5.25 Å². The number of benzene rings is 2. The van der Waals surface area contributed by atoms with E-state index < -0.39 is 0 Å². The summed E-state index contributed by atoms with van der Waals surface area (Å²) >= 11 is 4.79. The van der Waals surface area contributed by atoms with Crippen molar-refractivity contribution >= 4 is 39.5 Å². The number of thioether (sulfide) groups is 1. The average Bonchev–Trinajstić information content (AvgIpc) is 2.55. The maximum Gasteiger partial charge on any atom is 0.269 e. The van der Waals surface area contributed by atoms with Crippen LogP contribution in [0.3, 0.4) is 0 Å². The molecule has 2 N–H and O–H groups in total. The van der Waals surface area contributed by atoms with Crippen molar-refractivity contribution in [3.05, 3.63) is 64.6 Å². The highest BCUT2D eigenvalue weighted by Gasteiger charge is 2.15. The van der Waals surface area contributed by atoms with Gasteiger partial charge in [0.25, 0.3) is 11.8 Å². The van der Waals surface area contributed by atoms with Crippen LogP contribution < -0.4 is 10.9 Å². The molecule has 0 saturated carbocycles. The maximum absolute atomic E-state index is 12.0. The fourth-order valence-corrected chi connectivity index (χ4v) is 2.78. The van der Waals surface area contributed by atoms with Crippen LogP contribution in [0, 0.1) is 0 Å². The zero-order chi connectivity index (χ0) is 15.9. The summed E-state index contributed by atoms with van der Waals surface area (Å²) in [7, 11) is 0. The van der Waals surface area contributed by atoms with Gasteiger partial charge in [0.1, 0.15) is 0 Å². The molecule has 2 amide bonds. The standard InChI is InChI=1S/C16H15BrN2O2S/c1-11(22-14-9-7-13(17)8-10-14)15(20)18-19-16(21)12-5-3-2-4-6-12/h2-11H,1H3,(H,18,20)(H,19,21). The number of hydrazine groups is 1. The largest absolute Gasteiger partial charge is 0.272 e. The summed E-state index contributed by atoms with van der Waals surface area (Å²) in [6, 6.07) is 16.4. The Morgan fingerprint density at radius 2 is 1.64 bits per heavy atom. The zero-order valence-electron chi connectivity index (χ0n) is 11.9. The molecule has 0 radical (unpaired) electrons. The first-order valence-corrected chi connectivity index (χ1v) is 8.31. The molecule has 114 valence electrons. The molecule has 0 saturated heterocycles. The van der Waals surface area contributed by atoms with Gasteiger partial charge in [-0.1, -0.05) is 34.1 Å². The lowest BCUT2D eigenvalue weighted by Crippen LogP contribution is -2.44. The molecule has 0 bridgehead atoms. The Hall–Kier alpha value is -1.79. The minimum absolute atomic E-state index is 0.253. The molecule has 0 aliphatic carbocycles. The molecule has 6 heteroatoms. The molecular weight excluding hydrogens is 364 g/mol. The van der Waals surface area contributed by atoms with Gasteiger partial charge in [-0.25, -0.2) is 0 Å². The van der Waals surface area contributed by atoms with Gasteiger partial charge in [-0.05, 0) is 43.3 Å². The molecule has 0 aromatic heterocycles. The third-order valence-electron chi connectivity index (χ3n) is 2.83. The van der Waals surface area contributed by atoms with Crippen molar-refractivity contribution in [2.75, 3.05) is 0 Å². The van der Waals surface area contributed by atoms with E-state index >= 15 is 0 Å². The van der Waals surface area contributed by atoms with Crippen molar-refractivity contribution in [3.63, 3.8) is 0 Å². The second-order valence-electron chi connectivity index (χ2n) is 4.52. The van der Waals surface area contributed by atoms with Crippen LogP contribution in [0.1, 0.15) is 17.3 Å². The number of nitrogens with one attached hydrogen (secondary N) is 2. The van der Waals surface area contributed by atoms with Crippen LogP contribution in [-0.4, -0.2) is 17.1 Å². The van der Waals surface area contributed by atoms with Gasteiger partial charge in [0.15, 0.2) is 0 Å². The van der Waals surface area contributed by atoms with E-state index in [4.69, 9.17) is 0 Å². The molecule has 1 atom stereocenters. The van der Waals surface area contributed by atoms with E-state index in [1.54, 1.807) is 31.2 Å². The molecule has 2 aromatic carbocycles. The SMILES string of the molecule is CC(Sc1ccc(Br)cc1)C(=O)NNC(=O)c1ccccc1. The number of rotatable bonds is 4. The van der Waals surface area contributed by atoms with Gasteiger partial charge in [0.2, 0.25) is 0 Å². The molecule has 22 heavy (non-hydrogen) atoms. The van der Waals surface area contributed by atoms with Crippen LogP contribution in [0.2, 0.25) is 0 Å². The summed E-state index contributed by atoms with van der Waals surface area (Å²) in [5.74, 6) is -0.591. The van der Waals surface area contributed by atoms with E-state index in [0.717, 1.165) is 9.37 Å². The van der Waals surface area contributed by atoms with Crippen LogP contribution in [0.4, 0.5) is 0 Å². The quantitative estimate of drug-likeness (QED) is 0.633. The van der Waals surface area contributed by atoms with Crippen molar-refractivity contribution in [2.45, 2.75) is 17.1 Å². The molecule has 1 unspecified atom stereocenters. The van der Waals surface area contributed by atoms with Crippen LogP contribution >= 0.6 is 27.7 Å². The Balaban J connectivity index is 1.84. The Labute approximate surface area is 141 Å². The lowest BCUT2D eigenvalue weighted by Gasteiger charge is -2.12. The Bertz CT molecular complexity index is 647. The fourth-order valence-electron chi connectivity index (χ4n) is 1.65. The predicted octanol–water partition coefficient (Wildman–Crippen LogP) is 3.39. The number of hydrogen-bond donors (Lipinski definition) is 2. The highest BCUT2D eigenvalue weighted by molar-refractivity contribution is 9.10. The van der Waals surface area contributed by atoms with Crippen molar-refractivity contribution in [2.24, 2.45) is 0 Å². The van der Waals surface area contributed by atoms with Crippen molar-refractivity contribution in [3.8, 4) is 0 Å². The summed E-state index contributed by atoms with van der Waals surface area (Å²) in [6.45, 7) is 1.79. The number of halogens is 1. The average molecular weight is 379 g/mol. The number of carbonyl (C=O) groups excluding carboxylic acids is 2. The van der Waals surface area contributed by atoms with Crippen LogP contribution in [0.5, 0.6) is 0 Å². The Kier molecular flexibility index (Phi) is 6.03. The summed E-state index contributed by atoms with van der Waals surface area (Å²) in [5, 5.41) is -0.322. The van der Waals surface area contributed by atoms with Crippen molar-refractivity contribution < 1.29 is 9.59 Å². The second-order valence-corrected chi connectivity index (χ2v) is 6.85. The van der Waals surface area contributed by atoms with Gasteiger partial charge in [0, 0.05) is 14.9 Å². The molecular formula is C16H15BrN2O2S. The molecule has 0 heterocycles. The van der Waals surface area contributed by atoms with Gasteiger partial charge in [-0.2, -0.15) is 0 Å². The normalized spacial score (nSPS) is 11.5. The Morgan fingerprint density at radius 3 is 2.27 bits per heavy atom. The fraction of sp³-hybridized carbons (Fsp3) is 0.125. The first kappa shape index (κ1) is 16.6. The van der Waals surface area contributed by atoms with E-state index in [1.165, 1.54) is 11.8 Å². The summed E-state index contributed by atoms with van der Waals surface area (Å²) < 4.78 is 0.990. The summed E-state index contributed by atoms with van der Waals surface area (Å²) in [4.78, 5) is 24.8. The molecule has 2 rings (SSSR count). The topological polar surface area (TPSA) is 58.2 Å². The van der Waals surface area contributed by atoms with Gasteiger partial charge < -0.3 is 0 Å². The van der Waals surface area contributed by atoms with Crippen LogP contribution in [0.15, 0.2) is 64.0 Å². The highest BCUT2D eigenvalue weighted by Crippen LogP contribution is 2.24. The minimum atomic E-state index is -0.338. The van der Waals surface area contributed by atoms with E-state index in [0.29, 0.717) is 5.56 Å². The molecule has 0 spiro atoms. The molecule has 4 nitrogen and oxygen atoms in total. The Morgan fingerprint density at radius 1 is 1.00 bits per heavy atom. The van der Waals surface area contributed by atoms with Gasteiger partial charge in [-0.3, -0.25) is 20.4 Å². The number of hydrogen-bond acceptors (Lipinski definition) is 3. The summed E-state index contributed by atoms with van der Waals surface area (Å²) in [6.07, 6.45) is 0. The van der Waals surface area contributed by atoms with E-state index in [-0.39, 0.29) is 17.1 Å². The first-order chi connectivity index (χ1) is 10.6. The second kappa shape index (κ2) is 8.00. The molecule has 0 aliphatic rings. The third-order valence-corrected chi connectivity index (χ3v) is 4.47. The smallest absolute Gasteiger partial charge is 0.269 e. The van der Waals surface area contributed by atoms with E-state index in [9.17, 15) is 9.59 Å². The molecule has 2 aromatic rings. The first-order valence-electron chi connectivity index (χ1n) is 6.64. The molecule has 0 fully saturated rings. The maximum atomic E-state index is 12.0. The predicted molar refractivity (Wildman–Crippen MR) is 91.5 cm³/mol. The van der Waals surface area contributed by atoms with Crippen molar-refractivity contribution in [1.82, 2.24) is 10.9 Å². The van der Waals surface area contributed by atoms with E-state index in [1.807, 2.05) is 30.3 Å². The highest BCUT2D eigenvalue weighted by atomic mass is 79.9. The van der Waals surface area contributed by atoms with Crippen molar-refractivity contribution in [1.29, 1.82) is 0 Å². The van der Waals surface area contributed by atoms with E-state index in [2.05, 4.69) is 26.8 Å². The number of amides is 2. The lowest BCUT2D eigenvalue weighted by atomic mass is 10.2. The summed E-state index contributed by atoms with van der Waals surface area (Å²) in [5.41, 5.74) is 5.36. The van der Waals surface area contributed by atoms with Crippen LogP contribution in [-0.2, 0) is 4.79 Å². The zero-order valence-corrected chi connectivity index (χ0v) is 14.3. The number of carbonyl (C=O) groups is 2. The van der Waals surface area contributed by atoms with Gasteiger partial charge >= 0.3 is 0 Å². The lowest BCUT2D eigenvalue weighted by molar-refractivity contribution is -0.121. The van der Waals surface area contributed by atoms with Gasteiger partial charge in [-0.15, -0.1) is 11.8 Å². The minimum Gasteiger partial charge on any atom is -0.272 e. The monoisotopic (exact) mass is 378 g/mol. The van der Waals surface area contributed by atoms with Crippen LogP contribution in [0.25, 0.3) is 0 Å².